The van der Waals surface area contributed by atoms with Crippen LogP contribution in [0, 0.1) is 0 Å². The topological polar surface area (TPSA) is 68.5 Å². The van der Waals surface area contributed by atoms with E-state index in [9.17, 15) is 4.79 Å². The minimum Gasteiger partial charge on any atom is -0.495 e. The third-order valence-corrected chi connectivity index (χ3v) is 3.25. The summed E-state index contributed by atoms with van der Waals surface area (Å²) < 4.78 is 5.09. The Labute approximate surface area is 124 Å². The fourth-order valence-electron chi connectivity index (χ4n) is 2.02. The van der Waals surface area contributed by atoms with Gasteiger partial charge in [0.25, 0.3) is 5.91 Å². The zero-order valence-electron chi connectivity index (χ0n) is 12.2. The molecule has 0 aliphatic heterocycles. The monoisotopic (exact) mass is 285 g/mol. The first-order chi connectivity index (χ1) is 10.1. The number of pyridine rings is 1. The molecule has 0 spiro atoms. The van der Waals surface area contributed by atoms with Gasteiger partial charge in [-0.3, -0.25) is 9.78 Å². The molecule has 0 fully saturated rings. The molecule has 0 saturated heterocycles. The number of methoxy groups -OCH3 is 1. The molecule has 0 radical (unpaired) electrons. The molecule has 0 bridgehead atoms. The van der Waals surface area contributed by atoms with Crippen molar-refractivity contribution in [3.63, 3.8) is 0 Å². The van der Waals surface area contributed by atoms with Crippen molar-refractivity contribution < 1.29 is 9.53 Å². The highest BCUT2D eigenvalue weighted by atomic mass is 16.5. The quantitative estimate of drug-likeness (QED) is 0.853. The lowest BCUT2D eigenvalue weighted by Crippen LogP contribution is -2.29. The SMILES string of the molecule is COc1ccc(C(=O)N(C)CCc2ccccn2)cc1N. The van der Waals surface area contributed by atoms with Gasteiger partial charge in [0.2, 0.25) is 0 Å². The Balaban J connectivity index is 2.00. The molecule has 0 atom stereocenters. The van der Waals surface area contributed by atoms with Gasteiger partial charge in [0.05, 0.1) is 12.8 Å². The van der Waals surface area contributed by atoms with Crippen molar-refractivity contribution in [3.8, 4) is 5.75 Å². The second-order valence-electron chi connectivity index (χ2n) is 4.75. The summed E-state index contributed by atoms with van der Waals surface area (Å²) in [5.74, 6) is 0.503. The highest BCUT2D eigenvalue weighted by molar-refractivity contribution is 5.95. The van der Waals surface area contributed by atoms with Gasteiger partial charge in [0.15, 0.2) is 0 Å². The normalized spacial score (nSPS) is 10.2. The molecule has 5 nitrogen and oxygen atoms in total. The first-order valence-corrected chi connectivity index (χ1v) is 6.70. The summed E-state index contributed by atoms with van der Waals surface area (Å²) in [4.78, 5) is 18.2. The number of anilines is 1. The molecular weight excluding hydrogens is 266 g/mol. The molecule has 110 valence electrons. The Bertz CT molecular complexity index is 614. The molecule has 0 unspecified atom stereocenters. The Hall–Kier alpha value is -2.56. The highest BCUT2D eigenvalue weighted by Crippen LogP contribution is 2.22. The summed E-state index contributed by atoms with van der Waals surface area (Å²) in [5.41, 5.74) is 7.81. The lowest BCUT2D eigenvalue weighted by molar-refractivity contribution is 0.0796. The number of carbonyl (C=O) groups excluding carboxylic acids is 1. The maximum absolute atomic E-state index is 12.3. The van der Waals surface area contributed by atoms with Gasteiger partial charge in [-0.2, -0.15) is 0 Å². The number of amides is 1. The molecule has 1 amide bonds. The number of likely N-dealkylation sites (N-methyl/N-ethyl adjacent to an activating group) is 1. The fraction of sp³-hybridized carbons (Fsp3) is 0.250. The summed E-state index contributed by atoms with van der Waals surface area (Å²) in [5, 5.41) is 0. The molecule has 0 aliphatic carbocycles. The standard InChI is InChI=1S/C16H19N3O2/c1-19(10-8-13-5-3-4-9-18-13)16(20)12-6-7-15(21-2)14(17)11-12/h3-7,9,11H,8,10,17H2,1-2H3. The van der Waals surface area contributed by atoms with Gasteiger partial charge >= 0.3 is 0 Å². The van der Waals surface area contributed by atoms with Crippen LogP contribution in [0.3, 0.4) is 0 Å². The Kier molecular flexibility index (Phi) is 4.77. The predicted octanol–water partition coefficient (Wildman–Crippen LogP) is 1.99. The number of rotatable bonds is 5. The van der Waals surface area contributed by atoms with Crippen LogP contribution in [0.5, 0.6) is 5.75 Å². The zero-order chi connectivity index (χ0) is 15.2. The summed E-state index contributed by atoms with van der Waals surface area (Å²) in [7, 11) is 3.32. The number of nitrogens with zero attached hydrogens (tertiary/aromatic N) is 2. The van der Waals surface area contributed by atoms with E-state index in [1.807, 2.05) is 18.2 Å². The predicted molar refractivity (Wildman–Crippen MR) is 82.3 cm³/mol. The van der Waals surface area contributed by atoms with E-state index < -0.39 is 0 Å². The van der Waals surface area contributed by atoms with Crippen LogP contribution in [0.25, 0.3) is 0 Å². The minimum atomic E-state index is -0.0692. The number of nitrogen functional groups attached to an aromatic ring is 1. The van der Waals surface area contributed by atoms with Gasteiger partial charge in [-0.05, 0) is 30.3 Å². The van der Waals surface area contributed by atoms with Gasteiger partial charge in [-0.25, -0.2) is 0 Å². The molecule has 1 aromatic heterocycles. The first-order valence-electron chi connectivity index (χ1n) is 6.70. The van der Waals surface area contributed by atoms with E-state index in [0.29, 0.717) is 30.0 Å². The molecule has 5 heteroatoms. The molecule has 0 saturated carbocycles. The Morgan fingerprint density at radius 2 is 2.14 bits per heavy atom. The van der Waals surface area contributed by atoms with Gasteiger partial charge in [0, 0.05) is 37.5 Å². The van der Waals surface area contributed by atoms with Crippen molar-refractivity contribution in [3.05, 3.63) is 53.9 Å². The first kappa shape index (κ1) is 14.8. The van der Waals surface area contributed by atoms with E-state index in [4.69, 9.17) is 10.5 Å². The maximum atomic E-state index is 12.3. The van der Waals surface area contributed by atoms with Gasteiger partial charge < -0.3 is 15.4 Å². The van der Waals surface area contributed by atoms with Crippen molar-refractivity contribution in [1.82, 2.24) is 9.88 Å². The summed E-state index contributed by atoms with van der Waals surface area (Å²) >= 11 is 0. The van der Waals surface area contributed by atoms with Crippen molar-refractivity contribution >= 4 is 11.6 Å². The number of aromatic nitrogens is 1. The molecule has 0 aliphatic rings. The van der Waals surface area contributed by atoms with E-state index in [2.05, 4.69) is 4.98 Å². The van der Waals surface area contributed by atoms with Crippen LogP contribution in [-0.2, 0) is 6.42 Å². The van der Waals surface area contributed by atoms with Crippen LogP contribution in [-0.4, -0.2) is 36.5 Å². The van der Waals surface area contributed by atoms with E-state index in [-0.39, 0.29) is 5.91 Å². The summed E-state index contributed by atoms with van der Waals surface area (Å²) in [6, 6.07) is 10.8. The highest BCUT2D eigenvalue weighted by Gasteiger charge is 2.13. The third kappa shape index (κ3) is 3.72. The van der Waals surface area contributed by atoms with Crippen LogP contribution in [0.1, 0.15) is 16.1 Å². The number of hydrogen-bond acceptors (Lipinski definition) is 4. The second kappa shape index (κ2) is 6.74. The number of carbonyl (C=O) groups is 1. The number of ether oxygens (including phenoxy) is 1. The van der Waals surface area contributed by atoms with Crippen molar-refractivity contribution in [2.75, 3.05) is 26.4 Å². The average molecular weight is 285 g/mol. The van der Waals surface area contributed by atoms with Gasteiger partial charge in [0.1, 0.15) is 5.75 Å². The molecule has 1 heterocycles. The number of nitrogens with two attached hydrogens (primary N) is 1. The second-order valence-corrected chi connectivity index (χ2v) is 4.75. The molecule has 1 aromatic carbocycles. The average Bonchev–Trinajstić information content (AvgIpc) is 2.52. The maximum Gasteiger partial charge on any atom is 0.253 e. The summed E-state index contributed by atoms with van der Waals surface area (Å²) in [6.07, 6.45) is 2.47. The van der Waals surface area contributed by atoms with Crippen molar-refractivity contribution in [2.45, 2.75) is 6.42 Å². The minimum absolute atomic E-state index is 0.0692. The largest absolute Gasteiger partial charge is 0.495 e. The zero-order valence-corrected chi connectivity index (χ0v) is 12.2. The van der Waals surface area contributed by atoms with E-state index in [1.165, 1.54) is 0 Å². The van der Waals surface area contributed by atoms with Gasteiger partial charge in [-0.15, -0.1) is 0 Å². The molecular formula is C16H19N3O2. The van der Waals surface area contributed by atoms with Crippen LogP contribution >= 0.6 is 0 Å². The van der Waals surface area contributed by atoms with E-state index in [0.717, 1.165) is 5.69 Å². The number of benzene rings is 1. The lowest BCUT2D eigenvalue weighted by atomic mass is 10.1. The van der Waals surface area contributed by atoms with Crippen LogP contribution in [0.4, 0.5) is 5.69 Å². The molecule has 2 aromatic rings. The van der Waals surface area contributed by atoms with Crippen LogP contribution in [0.15, 0.2) is 42.6 Å². The summed E-state index contributed by atoms with van der Waals surface area (Å²) in [6.45, 7) is 0.599. The smallest absolute Gasteiger partial charge is 0.253 e. The van der Waals surface area contributed by atoms with E-state index in [1.54, 1.807) is 43.5 Å². The molecule has 2 rings (SSSR count). The third-order valence-electron chi connectivity index (χ3n) is 3.25. The molecule has 2 N–H and O–H groups in total. The Morgan fingerprint density at radius 3 is 2.76 bits per heavy atom. The van der Waals surface area contributed by atoms with Crippen LogP contribution < -0.4 is 10.5 Å². The van der Waals surface area contributed by atoms with Crippen molar-refractivity contribution in [2.24, 2.45) is 0 Å². The van der Waals surface area contributed by atoms with Crippen molar-refractivity contribution in [1.29, 1.82) is 0 Å². The van der Waals surface area contributed by atoms with Crippen LogP contribution in [0.2, 0.25) is 0 Å². The van der Waals surface area contributed by atoms with Gasteiger partial charge in [-0.1, -0.05) is 6.07 Å². The Morgan fingerprint density at radius 1 is 1.33 bits per heavy atom. The molecule has 21 heavy (non-hydrogen) atoms. The van der Waals surface area contributed by atoms with E-state index >= 15 is 0 Å². The lowest BCUT2D eigenvalue weighted by Gasteiger charge is -2.17. The fourth-order valence-corrected chi connectivity index (χ4v) is 2.02. The number of hydrogen-bond donors (Lipinski definition) is 1.